The monoisotopic (exact) mass is 308 g/mol. The van der Waals surface area contributed by atoms with Gasteiger partial charge in [0.25, 0.3) is 0 Å². The molecule has 0 aromatic carbocycles. The lowest BCUT2D eigenvalue weighted by Gasteiger charge is -2.20. The van der Waals surface area contributed by atoms with E-state index in [0.29, 0.717) is 5.02 Å². The number of hydrogen-bond acceptors (Lipinski definition) is 5. The molecule has 1 N–H and O–H groups in total. The second-order valence-corrected chi connectivity index (χ2v) is 5.44. The maximum Gasteiger partial charge on any atom is 0.115 e. The number of nitrogens with zero attached hydrogens (tertiary/aromatic N) is 5. The maximum atomic E-state index is 6.36. The van der Waals surface area contributed by atoms with Gasteiger partial charge in [-0.1, -0.05) is 18.5 Å². The molecule has 114 valence electrons. The minimum Gasteiger partial charge on any atom is -0.308 e. The molecule has 2 aromatic rings. The number of likely N-dealkylation sites (N-methyl/N-ethyl adjacent to an activating group) is 1. The van der Waals surface area contributed by atoms with E-state index in [4.69, 9.17) is 11.6 Å². The van der Waals surface area contributed by atoms with Crippen LogP contribution in [-0.2, 0) is 6.54 Å². The van der Waals surface area contributed by atoms with Crippen LogP contribution in [-0.4, -0.2) is 51.8 Å². The van der Waals surface area contributed by atoms with Crippen LogP contribution in [0.3, 0.4) is 0 Å². The van der Waals surface area contributed by atoms with E-state index in [2.05, 4.69) is 32.2 Å². The van der Waals surface area contributed by atoms with Gasteiger partial charge in [-0.15, -0.1) is 0 Å². The third-order valence-electron chi connectivity index (χ3n) is 3.17. The van der Waals surface area contributed by atoms with Crippen molar-refractivity contribution < 1.29 is 0 Å². The van der Waals surface area contributed by atoms with Crippen LogP contribution in [0.15, 0.2) is 24.8 Å². The first kappa shape index (κ1) is 15.9. The third-order valence-corrected chi connectivity index (χ3v) is 3.47. The van der Waals surface area contributed by atoms with E-state index in [9.17, 15) is 0 Å². The van der Waals surface area contributed by atoms with Crippen LogP contribution in [0.1, 0.15) is 24.4 Å². The molecule has 7 heteroatoms. The van der Waals surface area contributed by atoms with Gasteiger partial charge in [0.2, 0.25) is 0 Å². The number of halogens is 1. The summed E-state index contributed by atoms with van der Waals surface area (Å²) in [5, 5.41) is 8.46. The molecule has 0 saturated carbocycles. The zero-order chi connectivity index (χ0) is 15.2. The first-order chi connectivity index (χ1) is 10.1. The summed E-state index contributed by atoms with van der Waals surface area (Å²) >= 11 is 6.36. The summed E-state index contributed by atoms with van der Waals surface area (Å²) in [6.45, 7) is 4.54. The Kier molecular flexibility index (Phi) is 5.67. The SMILES string of the molecule is CCNC(c1ccncn1)c1c(Cl)cnn1CCN(C)C. The molecule has 2 heterocycles. The standard InChI is InChI=1S/C14H21ClN6/c1-4-17-13(12-5-6-16-10-18-12)14-11(15)9-19-21(14)8-7-20(2)3/h5-6,9-10,13,17H,4,7-8H2,1-3H3. The Morgan fingerprint density at radius 2 is 2.24 bits per heavy atom. The summed E-state index contributed by atoms with van der Waals surface area (Å²) in [7, 11) is 4.08. The van der Waals surface area contributed by atoms with Crippen LogP contribution < -0.4 is 5.32 Å². The summed E-state index contributed by atoms with van der Waals surface area (Å²) in [6, 6.07) is 1.81. The third kappa shape index (κ3) is 4.00. The van der Waals surface area contributed by atoms with Gasteiger partial charge in [-0.05, 0) is 26.7 Å². The zero-order valence-corrected chi connectivity index (χ0v) is 13.4. The number of rotatable bonds is 7. The Morgan fingerprint density at radius 3 is 2.86 bits per heavy atom. The lowest BCUT2D eigenvalue weighted by molar-refractivity contribution is 0.365. The van der Waals surface area contributed by atoms with Crippen LogP contribution in [0, 0.1) is 0 Å². The second kappa shape index (κ2) is 7.49. The normalized spacial score (nSPS) is 12.8. The van der Waals surface area contributed by atoms with E-state index in [1.165, 1.54) is 0 Å². The Bertz CT molecular complexity index is 554. The summed E-state index contributed by atoms with van der Waals surface area (Å²) in [4.78, 5) is 10.4. The summed E-state index contributed by atoms with van der Waals surface area (Å²) in [5.74, 6) is 0. The largest absolute Gasteiger partial charge is 0.308 e. The van der Waals surface area contributed by atoms with Crippen molar-refractivity contribution in [3.05, 3.63) is 41.2 Å². The Balaban J connectivity index is 2.34. The van der Waals surface area contributed by atoms with Gasteiger partial charge >= 0.3 is 0 Å². The van der Waals surface area contributed by atoms with Crippen LogP contribution in [0.25, 0.3) is 0 Å². The van der Waals surface area contributed by atoms with E-state index in [1.807, 2.05) is 24.8 Å². The molecule has 0 aliphatic rings. The van der Waals surface area contributed by atoms with Crippen molar-refractivity contribution >= 4 is 11.6 Å². The van der Waals surface area contributed by atoms with Gasteiger partial charge in [0.05, 0.1) is 35.2 Å². The molecule has 0 bridgehead atoms. The molecule has 0 saturated heterocycles. The van der Waals surface area contributed by atoms with Crippen LogP contribution in [0.4, 0.5) is 0 Å². The Hall–Kier alpha value is -1.50. The fraction of sp³-hybridized carbons (Fsp3) is 0.500. The van der Waals surface area contributed by atoms with Crippen molar-refractivity contribution in [1.82, 2.24) is 30.0 Å². The van der Waals surface area contributed by atoms with Gasteiger partial charge in [0, 0.05) is 12.7 Å². The van der Waals surface area contributed by atoms with Gasteiger partial charge in [-0.3, -0.25) is 4.68 Å². The molecule has 2 rings (SSSR count). The highest BCUT2D eigenvalue weighted by atomic mass is 35.5. The zero-order valence-electron chi connectivity index (χ0n) is 12.6. The van der Waals surface area contributed by atoms with Gasteiger partial charge in [0.15, 0.2) is 0 Å². The topological polar surface area (TPSA) is 58.9 Å². The molecule has 0 aliphatic carbocycles. The van der Waals surface area contributed by atoms with Crippen molar-refractivity contribution in [2.45, 2.75) is 19.5 Å². The molecule has 2 aromatic heterocycles. The lowest BCUT2D eigenvalue weighted by Crippen LogP contribution is -2.28. The molecule has 1 atom stereocenters. The van der Waals surface area contributed by atoms with Crippen molar-refractivity contribution in [3.8, 4) is 0 Å². The molecule has 0 fully saturated rings. The highest BCUT2D eigenvalue weighted by molar-refractivity contribution is 6.31. The minimum absolute atomic E-state index is 0.0878. The second-order valence-electron chi connectivity index (χ2n) is 5.03. The predicted molar refractivity (Wildman–Crippen MR) is 83.3 cm³/mol. The summed E-state index contributed by atoms with van der Waals surface area (Å²) < 4.78 is 1.94. The highest BCUT2D eigenvalue weighted by Gasteiger charge is 2.22. The van der Waals surface area contributed by atoms with Crippen molar-refractivity contribution in [2.24, 2.45) is 0 Å². The smallest absolute Gasteiger partial charge is 0.115 e. The fourth-order valence-electron chi connectivity index (χ4n) is 2.15. The Morgan fingerprint density at radius 1 is 1.43 bits per heavy atom. The highest BCUT2D eigenvalue weighted by Crippen LogP contribution is 2.27. The van der Waals surface area contributed by atoms with E-state index < -0.39 is 0 Å². The molecule has 6 nitrogen and oxygen atoms in total. The van der Waals surface area contributed by atoms with Gasteiger partial charge in [-0.2, -0.15) is 5.10 Å². The predicted octanol–water partition coefficient (Wildman–Crippen LogP) is 1.59. The molecule has 1 unspecified atom stereocenters. The first-order valence-electron chi connectivity index (χ1n) is 6.98. The fourth-order valence-corrected chi connectivity index (χ4v) is 2.40. The Labute approximate surface area is 130 Å². The maximum absolute atomic E-state index is 6.36. The molecule has 21 heavy (non-hydrogen) atoms. The summed E-state index contributed by atoms with van der Waals surface area (Å²) in [6.07, 6.45) is 4.98. The molecular weight excluding hydrogens is 288 g/mol. The molecule has 0 amide bonds. The molecule has 0 spiro atoms. The van der Waals surface area contributed by atoms with E-state index in [-0.39, 0.29) is 6.04 Å². The van der Waals surface area contributed by atoms with Gasteiger partial charge in [0.1, 0.15) is 6.33 Å². The quantitative estimate of drug-likeness (QED) is 0.841. The van der Waals surface area contributed by atoms with Crippen molar-refractivity contribution in [1.29, 1.82) is 0 Å². The number of hydrogen-bond donors (Lipinski definition) is 1. The average molecular weight is 309 g/mol. The van der Waals surface area contributed by atoms with Crippen LogP contribution >= 0.6 is 11.6 Å². The molecule has 0 aliphatic heterocycles. The van der Waals surface area contributed by atoms with Crippen LogP contribution in [0.5, 0.6) is 0 Å². The van der Waals surface area contributed by atoms with E-state index in [0.717, 1.165) is 31.0 Å². The number of nitrogens with one attached hydrogen (secondary N) is 1. The van der Waals surface area contributed by atoms with E-state index in [1.54, 1.807) is 18.7 Å². The van der Waals surface area contributed by atoms with Crippen molar-refractivity contribution in [2.75, 3.05) is 27.2 Å². The van der Waals surface area contributed by atoms with Crippen molar-refractivity contribution in [3.63, 3.8) is 0 Å². The average Bonchev–Trinajstić information content (AvgIpc) is 2.84. The van der Waals surface area contributed by atoms with Crippen LogP contribution in [0.2, 0.25) is 5.02 Å². The van der Waals surface area contributed by atoms with Gasteiger partial charge in [-0.25, -0.2) is 9.97 Å². The minimum atomic E-state index is -0.0878. The number of aromatic nitrogens is 4. The first-order valence-corrected chi connectivity index (χ1v) is 7.36. The van der Waals surface area contributed by atoms with E-state index >= 15 is 0 Å². The molecule has 0 radical (unpaired) electrons. The lowest BCUT2D eigenvalue weighted by atomic mass is 10.1. The van der Waals surface area contributed by atoms with Gasteiger partial charge < -0.3 is 10.2 Å². The molecular formula is C14H21ClN6. The summed E-state index contributed by atoms with van der Waals surface area (Å²) in [5.41, 5.74) is 1.83.